The minimum atomic E-state index is 0.174. The van der Waals surface area contributed by atoms with Gasteiger partial charge in [-0.05, 0) is 23.6 Å². The van der Waals surface area contributed by atoms with Gasteiger partial charge in [0.15, 0.2) is 0 Å². The van der Waals surface area contributed by atoms with E-state index in [1.807, 2.05) is 12.1 Å². The molecule has 1 aromatic carbocycles. The standard InChI is InChI=1S/C12H18NOS/c1-14-12-5-3-2-4-11(12)10-15-8-6-13-7-9-15/h2,4-5,13,15H,6-10H2,1H3. The van der Waals surface area contributed by atoms with Crippen LogP contribution in [-0.2, 0) is 5.75 Å². The monoisotopic (exact) mass is 224 g/mol. The van der Waals surface area contributed by atoms with Crippen LogP contribution in [0.25, 0.3) is 0 Å². The lowest BCUT2D eigenvalue weighted by Crippen LogP contribution is -2.29. The topological polar surface area (TPSA) is 21.3 Å². The molecular formula is C12H18NOS. The molecule has 1 radical (unpaired) electrons. The molecule has 3 heteroatoms. The van der Waals surface area contributed by atoms with E-state index < -0.39 is 0 Å². The third-order valence-electron chi connectivity index (χ3n) is 2.74. The van der Waals surface area contributed by atoms with Crippen LogP contribution in [0.3, 0.4) is 0 Å². The van der Waals surface area contributed by atoms with Gasteiger partial charge in [0.1, 0.15) is 5.75 Å². The van der Waals surface area contributed by atoms with Crippen LogP contribution in [-0.4, -0.2) is 31.7 Å². The Morgan fingerprint density at radius 1 is 1.47 bits per heavy atom. The van der Waals surface area contributed by atoms with Crippen LogP contribution >= 0.6 is 10.9 Å². The van der Waals surface area contributed by atoms with Gasteiger partial charge in [0.05, 0.1) is 7.11 Å². The maximum atomic E-state index is 5.35. The van der Waals surface area contributed by atoms with Gasteiger partial charge < -0.3 is 10.1 Å². The van der Waals surface area contributed by atoms with Gasteiger partial charge in [-0.2, -0.15) is 0 Å². The van der Waals surface area contributed by atoms with E-state index in [1.165, 1.54) is 35.9 Å². The van der Waals surface area contributed by atoms with Crippen LogP contribution in [0.15, 0.2) is 18.2 Å². The van der Waals surface area contributed by atoms with Crippen molar-refractivity contribution < 1.29 is 4.74 Å². The van der Waals surface area contributed by atoms with E-state index in [2.05, 4.69) is 17.4 Å². The molecule has 2 rings (SSSR count). The van der Waals surface area contributed by atoms with Crippen molar-refractivity contribution in [3.05, 3.63) is 29.8 Å². The van der Waals surface area contributed by atoms with Crippen molar-refractivity contribution in [1.29, 1.82) is 0 Å². The van der Waals surface area contributed by atoms with Gasteiger partial charge >= 0.3 is 0 Å². The highest BCUT2D eigenvalue weighted by Gasteiger charge is 2.11. The minimum Gasteiger partial charge on any atom is -0.496 e. The van der Waals surface area contributed by atoms with E-state index in [0.717, 1.165) is 5.75 Å². The first kappa shape index (κ1) is 10.8. The Bertz CT molecular complexity index is 310. The second-order valence-electron chi connectivity index (χ2n) is 3.76. The number of methoxy groups -OCH3 is 1. The van der Waals surface area contributed by atoms with Crippen LogP contribution in [0.2, 0.25) is 0 Å². The van der Waals surface area contributed by atoms with Crippen LogP contribution < -0.4 is 10.1 Å². The summed E-state index contributed by atoms with van der Waals surface area (Å²) in [5.41, 5.74) is 1.35. The van der Waals surface area contributed by atoms with Crippen molar-refractivity contribution in [2.75, 3.05) is 31.7 Å². The van der Waals surface area contributed by atoms with Crippen molar-refractivity contribution in [1.82, 2.24) is 5.32 Å². The van der Waals surface area contributed by atoms with Gasteiger partial charge in [-0.25, -0.2) is 10.9 Å². The summed E-state index contributed by atoms with van der Waals surface area (Å²) in [7, 11) is 1.91. The summed E-state index contributed by atoms with van der Waals surface area (Å²) in [6.45, 7) is 2.37. The largest absolute Gasteiger partial charge is 0.496 e. The first-order valence-electron chi connectivity index (χ1n) is 5.36. The highest BCUT2D eigenvalue weighted by molar-refractivity contribution is 8.16. The molecule has 0 aliphatic carbocycles. The Morgan fingerprint density at radius 2 is 2.27 bits per heavy atom. The number of thiol groups is 1. The summed E-state index contributed by atoms with van der Waals surface area (Å²) in [6, 6.07) is 9.12. The van der Waals surface area contributed by atoms with Gasteiger partial charge in [-0.1, -0.05) is 12.1 Å². The highest BCUT2D eigenvalue weighted by Crippen LogP contribution is 2.34. The molecule has 83 valence electrons. The molecule has 15 heavy (non-hydrogen) atoms. The molecule has 0 bridgehead atoms. The van der Waals surface area contributed by atoms with Crippen molar-refractivity contribution in [3.63, 3.8) is 0 Å². The van der Waals surface area contributed by atoms with Gasteiger partial charge in [0.2, 0.25) is 0 Å². The molecule has 1 aliphatic rings. The van der Waals surface area contributed by atoms with Crippen molar-refractivity contribution in [2.24, 2.45) is 0 Å². The van der Waals surface area contributed by atoms with Crippen LogP contribution in [0.1, 0.15) is 5.56 Å². The van der Waals surface area contributed by atoms with E-state index >= 15 is 0 Å². The van der Waals surface area contributed by atoms with Gasteiger partial charge in [-0.15, -0.1) is 0 Å². The lowest BCUT2D eigenvalue weighted by molar-refractivity contribution is 0.411. The molecule has 1 aliphatic heterocycles. The molecule has 0 spiro atoms. The van der Waals surface area contributed by atoms with E-state index in [4.69, 9.17) is 4.74 Å². The number of hydrogen-bond acceptors (Lipinski definition) is 2. The fraction of sp³-hybridized carbons (Fsp3) is 0.500. The van der Waals surface area contributed by atoms with E-state index in [0.29, 0.717) is 0 Å². The molecule has 1 N–H and O–H groups in total. The van der Waals surface area contributed by atoms with Crippen molar-refractivity contribution >= 4 is 10.9 Å². The Labute approximate surface area is 94.4 Å². The Kier molecular flexibility index (Phi) is 3.92. The normalized spacial score (nSPS) is 18.9. The zero-order valence-corrected chi connectivity index (χ0v) is 10.0. The Hall–Kier alpha value is -0.670. The van der Waals surface area contributed by atoms with Crippen LogP contribution in [0.4, 0.5) is 0 Å². The molecular weight excluding hydrogens is 206 g/mol. The smallest absolute Gasteiger partial charge is 0.123 e. The summed E-state index contributed by atoms with van der Waals surface area (Å²) < 4.78 is 5.35. The Balaban J connectivity index is 2.02. The quantitative estimate of drug-likeness (QED) is 0.761. The number of rotatable bonds is 3. The molecule has 0 unspecified atom stereocenters. The first-order valence-corrected chi connectivity index (χ1v) is 7.26. The third-order valence-corrected chi connectivity index (χ3v) is 5.24. The third kappa shape index (κ3) is 2.89. The van der Waals surface area contributed by atoms with Crippen LogP contribution in [0, 0.1) is 6.07 Å². The first-order chi connectivity index (χ1) is 7.40. The van der Waals surface area contributed by atoms with Gasteiger partial charge in [-0.3, -0.25) is 0 Å². The van der Waals surface area contributed by atoms with Gasteiger partial charge in [0.25, 0.3) is 0 Å². The summed E-state index contributed by atoms with van der Waals surface area (Å²) in [4.78, 5) is 0. The minimum absolute atomic E-state index is 0.174. The second-order valence-corrected chi connectivity index (χ2v) is 6.32. The van der Waals surface area contributed by atoms with E-state index in [9.17, 15) is 0 Å². The zero-order valence-electron chi connectivity index (χ0n) is 9.12. The van der Waals surface area contributed by atoms with Gasteiger partial charge in [0, 0.05) is 24.4 Å². The molecule has 0 atom stereocenters. The maximum absolute atomic E-state index is 5.35. The lowest BCUT2D eigenvalue weighted by Gasteiger charge is -2.27. The SMILES string of the molecule is COc1c[c]ccc1C[SH]1CCNCC1. The number of hydrogen-bond donors (Lipinski definition) is 2. The fourth-order valence-corrected chi connectivity index (χ4v) is 4.11. The number of benzene rings is 1. The fourth-order valence-electron chi connectivity index (χ4n) is 1.88. The number of nitrogens with one attached hydrogen (secondary N) is 1. The zero-order chi connectivity index (χ0) is 10.5. The molecule has 0 amide bonds. The maximum Gasteiger partial charge on any atom is 0.123 e. The summed E-state index contributed by atoms with van der Waals surface area (Å²) in [6.07, 6.45) is 0. The predicted octanol–water partition coefficient (Wildman–Crippen LogP) is 1.60. The number of ether oxygens (including phenoxy) is 1. The summed E-state index contributed by atoms with van der Waals surface area (Å²) in [5, 5.41) is 3.41. The van der Waals surface area contributed by atoms with E-state index in [1.54, 1.807) is 7.11 Å². The molecule has 1 fully saturated rings. The van der Waals surface area contributed by atoms with Crippen LogP contribution in [0.5, 0.6) is 5.75 Å². The average molecular weight is 224 g/mol. The Morgan fingerprint density at radius 3 is 3.00 bits per heavy atom. The highest BCUT2D eigenvalue weighted by atomic mass is 32.2. The molecule has 0 aromatic heterocycles. The second kappa shape index (κ2) is 5.42. The van der Waals surface area contributed by atoms with Crippen molar-refractivity contribution in [2.45, 2.75) is 5.75 Å². The van der Waals surface area contributed by atoms with E-state index in [-0.39, 0.29) is 10.9 Å². The average Bonchev–Trinajstić information content (AvgIpc) is 2.31. The summed E-state index contributed by atoms with van der Waals surface area (Å²) >= 11 is 0. The molecule has 1 saturated heterocycles. The molecule has 0 saturated carbocycles. The lowest BCUT2D eigenvalue weighted by atomic mass is 10.2. The summed E-state index contributed by atoms with van der Waals surface area (Å²) in [5.74, 6) is 4.89. The molecule has 1 heterocycles. The molecule has 1 aromatic rings. The predicted molar refractivity (Wildman–Crippen MR) is 67.1 cm³/mol. The molecule has 2 nitrogen and oxygen atoms in total. The van der Waals surface area contributed by atoms with Crippen molar-refractivity contribution in [3.8, 4) is 5.75 Å².